The average Bonchev–Trinajstić information content (AvgIpc) is 2.47. The average molecular weight is 371 g/mol. The number of benzene rings is 2. The van der Waals surface area contributed by atoms with Crippen LogP contribution in [0.15, 0.2) is 46.9 Å². The lowest BCUT2D eigenvalue weighted by molar-refractivity contribution is 0.216. The minimum Gasteiger partial charge on any atom is -0.490 e. The van der Waals surface area contributed by atoms with Gasteiger partial charge in [0.25, 0.3) is 0 Å². The Hall–Kier alpha value is -1.23. The monoisotopic (exact) mass is 369 g/mol. The van der Waals surface area contributed by atoms with E-state index in [9.17, 15) is 0 Å². The molecule has 0 amide bonds. The van der Waals surface area contributed by atoms with Crippen molar-refractivity contribution in [1.29, 1.82) is 0 Å². The molecule has 1 N–H and O–H groups in total. The van der Waals surface area contributed by atoms with Gasteiger partial charge in [-0.15, -0.1) is 0 Å². The molecule has 0 heterocycles. The fourth-order valence-electron chi connectivity index (χ4n) is 1.81. The Balaban J connectivity index is 1.76. The van der Waals surface area contributed by atoms with E-state index in [-0.39, 0.29) is 0 Å². The van der Waals surface area contributed by atoms with Crippen LogP contribution in [0.4, 0.5) is 0 Å². The number of hydrogen-bond acceptors (Lipinski definition) is 3. The summed E-state index contributed by atoms with van der Waals surface area (Å²) in [6.45, 7) is 1.81. The van der Waals surface area contributed by atoms with Crippen LogP contribution in [0.2, 0.25) is 5.02 Å². The van der Waals surface area contributed by atoms with Gasteiger partial charge in [0.2, 0.25) is 0 Å². The molecule has 0 atom stereocenters. The molecule has 0 saturated heterocycles. The molecule has 2 rings (SSSR count). The molecule has 0 unspecified atom stereocenters. The minimum absolute atomic E-state index is 0.471. The van der Waals surface area contributed by atoms with Crippen LogP contribution in [-0.4, -0.2) is 20.3 Å². The van der Waals surface area contributed by atoms with Crippen molar-refractivity contribution < 1.29 is 9.47 Å². The van der Waals surface area contributed by atoms with E-state index in [2.05, 4.69) is 21.2 Å². The normalized spacial score (nSPS) is 10.4. The SMILES string of the molecule is CNCc1ccc(OCCOc2ccc(Cl)cc2Br)cc1. The summed E-state index contributed by atoms with van der Waals surface area (Å²) >= 11 is 9.29. The first kappa shape index (κ1) is 16.1. The van der Waals surface area contributed by atoms with Gasteiger partial charge >= 0.3 is 0 Å². The van der Waals surface area contributed by atoms with Crippen molar-refractivity contribution in [3.63, 3.8) is 0 Å². The molecule has 0 aliphatic carbocycles. The lowest BCUT2D eigenvalue weighted by Gasteiger charge is -2.10. The third kappa shape index (κ3) is 5.23. The first-order valence-electron chi connectivity index (χ1n) is 6.63. The van der Waals surface area contributed by atoms with Crippen molar-refractivity contribution in [3.8, 4) is 11.5 Å². The van der Waals surface area contributed by atoms with E-state index in [0.29, 0.717) is 18.2 Å². The highest BCUT2D eigenvalue weighted by Gasteiger charge is 2.02. The van der Waals surface area contributed by atoms with E-state index < -0.39 is 0 Å². The van der Waals surface area contributed by atoms with Crippen molar-refractivity contribution in [2.24, 2.45) is 0 Å². The zero-order valence-corrected chi connectivity index (χ0v) is 14.1. The standard InChI is InChI=1S/C16H17BrClNO2/c1-19-11-12-2-5-14(6-3-12)20-8-9-21-16-7-4-13(18)10-15(16)17/h2-7,10,19H,8-9,11H2,1H3. The van der Waals surface area contributed by atoms with Crippen LogP contribution >= 0.6 is 27.5 Å². The van der Waals surface area contributed by atoms with Gasteiger partial charge in [-0.05, 0) is 58.9 Å². The van der Waals surface area contributed by atoms with Gasteiger partial charge in [-0.1, -0.05) is 23.7 Å². The van der Waals surface area contributed by atoms with Gasteiger partial charge in [0, 0.05) is 11.6 Å². The molecule has 0 spiro atoms. The molecular formula is C16H17BrClNO2. The van der Waals surface area contributed by atoms with Gasteiger partial charge in [0.1, 0.15) is 24.7 Å². The summed E-state index contributed by atoms with van der Waals surface area (Å²) in [6, 6.07) is 13.4. The maximum Gasteiger partial charge on any atom is 0.133 e. The van der Waals surface area contributed by atoms with Crippen LogP contribution in [0.1, 0.15) is 5.56 Å². The Kier molecular flexibility index (Phi) is 6.36. The van der Waals surface area contributed by atoms with E-state index in [1.165, 1.54) is 5.56 Å². The maximum absolute atomic E-state index is 5.88. The second kappa shape index (κ2) is 8.27. The summed E-state index contributed by atoms with van der Waals surface area (Å²) < 4.78 is 12.1. The van der Waals surface area contributed by atoms with Gasteiger partial charge in [0.15, 0.2) is 0 Å². The molecular weight excluding hydrogens is 354 g/mol. The summed E-state index contributed by atoms with van der Waals surface area (Å²) in [5, 5.41) is 3.78. The van der Waals surface area contributed by atoms with Gasteiger partial charge in [-0.3, -0.25) is 0 Å². The first-order chi connectivity index (χ1) is 10.2. The van der Waals surface area contributed by atoms with Crippen LogP contribution in [0.25, 0.3) is 0 Å². The van der Waals surface area contributed by atoms with Crippen LogP contribution < -0.4 is 14.8 Å². The predicted molar refractivity (Wildman–Crippen MR) is 89.3 cm³/mol. The second-order valence-electron chi connectivity index (χ2n) is 4.45. The Bertz CT molecular complexity index is 575. The zero-order valence-electron chi connectivity index (χ0n) is 11.7. The highest BCUT2D eigenvalue weighted by atomic mass is 79.9. The predicted octanol–water partition coefficient (Wildman–Crippen LogP) is 4.28. The summed E-state index contributed by atoms with van der Waals surface area (Å²) in [6.07, 6.45) is 0. The molecule has 112 valence electrons. The van der Waals surface area contributed by atoms with Crippen molar-refractivity contribution in [1.82, 2.24) is 5.32 Å². The zero-order chi connectivity index (χ0) is 15.1. The lowest BCUT2D eigenvalue weighted by atomic mass is 10.2. The Morgan fingerprint density at radius 3 is 2.43 bits per heavy atom. The molecule has 0 saturated carbocycles. The van der Waals surface area contributed by atoms with Gasteiger partial charge in [-0.25, -0.2) is 0 Å². The van der Waals surface area contributed by atoms with E-state index in [0.717, 1.165) is 22.5 Å². The number of rotatable bonds is 7. The molecule has 0 aliphatic rings. The van der Waals surface area contributed by atoms with Crippen LogP contribution in [-0.2, 0) is 6.54 Å². The molecule has 2 aromatic carbocycles. The van der Waals surface area contributed by atoms with Gasteiger partial charge in [0.05, 0.1) is 4.47 Å². The number of nitrogens with one attached hydrogen (secondary N) is 1. The highest BCUT2D eigenvalue weighted by Crippen LogP contribution is 2.27. The fourth-order valence-corrected chi connectivity index (χ4v) is 2.61. The molecule has 0 bridgehead atoms. The fraction of sp³-hybridized carbons (Fsp3) is 0.250. The van der Waals surface area contributed by atoms with Crippen molar-refractivity contribution in [2.75, 3.05) is 20.3 Å². The second-order valence-corrected chi connectivity index (χ2v) is 5.74. The molecule has 2 aromatic rings. The van der Waals surface area contributed by atoms with Gasteiger partial charge < -0.3 is 14.8 Å². The maximum atomic E-state index is 5.88. The highest BCUT2D eigenvalue weighted by molar-refractivity contribution is 9.10. The summed E-state index contributed by atoms with van der Waals surface area (Å²) in [5.41, 5.74) is 1.23. The number of ether oxygens (including phenoxy) is 2. The summed E-state index contributed by atoms with van der Waals surface area (Å²) in [5.74, 6) is 1.60. The quantitative estimate of drug-likeness (QED) is 0.738. The van der Waals surface area contributed by atoms with Crippen molar-refractivity contribution in [2.45, 2.75) is 6.54 Å². The van der Waals surface area contributed by atoms with Crippen molar-refractivity contribution >= 4 is 27.5 Å². The molecule has 0 fully saturated rings. The minimum atomic E-state index is 0.471. The summed E-state index contributed by atoms with van der Waals surface area (Å²) in [4.78, 5) is 0. The molecule has 5 heteroatoms. The topological polar surface area (TPSA) is 30.5 Å². The molecule has 0 aliphatic heterocycles. The third-order valence-corrected chi connectivity index (χ3v) is 3.66. The molecule has 0 radical (unpaired) electrons. The Labute approximate surface area is 138 Å². The van der Waals surface area contributed by atoms with Crippen LogP contribution in [0.3, 0.4) is 0 Å². The van der Waals surface area contributed by atoms with Crippen LogP contribution in [0.5, 0.6) is 11.5 Å². The molecule has 21 heavy (non-hydrogen) atoms. The Morgan fingerprint density at radius 2 is 1.76 bits per heavy atom. The molecule has 0 aromatic heterocycles. The van der Waals surface area contributed by atoms with E-state index in [1.54, 1.807) is 12.1 Å². The number of halogens is 2. The smallest absolute Gasteiger partial charge is 0.133 e. The summed E-state index contributed by atoms with van der Waals surface area (Å²) in [7, 11) is 1.93. The molecule has 3 nitrogen and oxygen atoms in total. The lowest BCUT2D eigenvalue weighted by Crippen LogP contribution is -2.09. The van der Waals surface area contributed by atoms with Crippen molar-refractivity contribution in [3.05, 3.63) is 57.5 Å². The van der Waals surface area contributed by atoms with E-state index in [1.807, 2.05) is 37.4 Å². The van der Waals surface area contributed by atoms with E-state index in [4.69, 9.17) is 21.1 Å². The third-order valence-electron chi connectivity index (χ3n) is 2.81. The Morgan fingerprint density at radius 1 is 1.05 bits per heavy atom. The first-order valence-corrected chi connectivity index (χ1v) is 7.80. The van der Waals surface area contributed by atoms with Gasteiger partial charge in [-0.2, -0.15) is 0 Å². The number of hydrogen-bond donors (Lipinski definition) is 1. The van der Waals surface area contributed by atoms with E-state index >= 15 is 0 Å². The largest absolute Gasteiger partial charge is 0.490 e. The van der Waals surface area contributed by atoms with Crippen LogP contribution in [0, 0.1) is 0 Å².